The van der Waals surface area contributed by atoms with Crippen molar-refractivity contribution in [3.8, 4) is 0 Å². The minimum atomic E-state index is 0. The lowest BCUT2D eigenvalue weighted by atomic mass is 10.2. The van der Waals surface area contributed by atoms with Gasteiger partial charge in [0.25, 0.3) is 0 Å². The van der Waals surface area contributed by atoms with Crippen molar-refractivity contribution in [2.75, 3.05) is 19.6 Å². The highest BCUT2D eigenvalue weighted by molar-refractivity contribution is 9.10. The Kier molecular flexibility index (Phi) is 5.69. The second-order valence-electron chi connectivity index (χ2n) is 4.01. The maximum absolute atomic E-state index is 4.14. The molecular weight excluding hydrogens is 289 g/mol. The van der Waals surface area contributed by atoms with Gasteiger partial charge in [-0.2, -0.15) is 0 Å². The van der Waals surface area contributed by atoms with Crippen LogP contribution >= 0.6 is 28.3 Å². The molecule has 1 N–H and O–H groups in total. The van der Waals surface area contributed by atoms with Crippen molar-refractivity contribution < 1.29 is 0 Å². The third-order valence-electron chi connectivity index (χ3n) is 2.82. The van der Waals surface area contributed by atoms with Gasteiger partial charge in [-0.1, -0.05) is 0 Å². The van der Waals surface area contributed by atoms with Gasteiger partial charge in [0.15, 0.2) is 0 Å². The number of hydrogen-bond acceptors (Lipinski definition) is 3. The summed E-state index contributed by atoms with van der Waals surface area (Å²) >= 11 is 3.40. The monoisotopic (exact) mass is 305 g/mol. The van der Waals surface area contributed by atoms with Crippen LogP contribution in [0.2, 0.25) is 0 Å². The molecule has 2 rings (SSSR count). The molecule has 1 atom stereocenters. The molecule has 1 unspecified atom stereocenters. The Morgan fingerprint density at radius 1 is 1.62 bits per heavy atom. The second kappa shape index (κ2) is 6.55. The van der Waals surface area contributed by atoms with E-state index in [2.05, 4.69) is 50.2 Å². The molecule has 1 aliphatic heterocycles. The van der Waals surface area contributed by atoms with E-state index in [0.717, 1.165) is 30.8 Å². The largest absolute Gasteiger partial charge is 0.314 e. The van der Waals surface area contributed by atoms with Crippen molar-refractivity contribution in [3.63, 3.8) is 0 Å². The summed E-state index contributed by atoms with van der Waals surface area (Å²) in [5.74, 6) is 0. The van der Waals surface area contributed by atoms with Crippen molar-refractivity contribution in [2.24, 2.45) is 0 Å². The molecule has 0 spiro atoms. The van der Waals surface area contributed by atoms with Gasteiger partial charge in [0.05, 0.1) is 0 Å². The number of rotatable bonds is 2. The number of hydrogen-bond donors (Lipinski definition) is 1. The molecule has 0 amide bonds. The van der Waals surface area contributed by atoms with E-state index in [-0.39, 0.29) is 12.4 Å². The molecule has 90 valence electrons. The normalized spacial score (nSPS) is 21.5. The number of aromatic nitrogens is 1. The zero-order chi connectivity index (χ0) is 10.7. The van der Waals surface area contributed by atoms with Gasteiger partial charge in [0.2, 0.25) is 0 Å². The Bertz CT molecular complexity index is 335. The first-order chi connectivity index (χ1) is 7.25. The Labute approximate surface area is 111 Å². The van der Waals surface area contributed by atoms with Crippen LogP contribution in [0.15, 0.2) is 22.9 Å². The van der Waals surface area contributed by atoms with Gasteiger partial charge >= 0.3 is 0 Å². The minimum Gasteiger partial charge on any atom is -0.314 e. The van der Waals surface area contributed by atoms with Crippen LogP contribution in [0.25, 0.3) is 0 Å². The van der Waals surface area contributed by atoms with Gasteiger partial charge in [-0.3, -0.25) is 4.90 Å². The Morgan fingerprint density at radius 2 is 2.44 bits per heavy atom. The predicted octanol–water partition coefficient (Wildman–Crippen LogP) is 2.06. The molecule has 1 fully saturated rings. The first kappa shape index (κ1) is 13.9. The van der Waals surface area contributed by atoms with Crippen molar-refractivity contribution in [2.45, 2.75) is 19.5 Å². The quantitative estimate of drug-likeness (QED) is 0.848. The summed E-state index contributed by atoms with van der Waals surface area (Å²) in [6.45, 7) is 6.59. The molecule has 1 aromatic rings. The third-order valence-corrected chi connectivity index (χ3v) is 3.25. The van der Waals surface area contributed by atoms with Crippen LogP contribution in [-0.2, 0) is 6.54 Å². The maximum atomic E-state index is 4.14. The van der Waals surface area contributed by atoms with Gasteiger partial charge in [-0.25, -0.2) is 4.98 Å². The Balaban J connectivity index is 0.00000128. The first-order valence-corrected chi connectivity index (χ1v) is 6.10. The van der Waals surface area contributed by atoms with Gasteiger partial charge < -0.3 is 5.32 Å². The average Bonchev–Trinajstić information content (AvgIpc) is 2.22. The highest BCUT2D eigenvalue weighted by Gasteiger charge is 2.17. The van der Waals surface area contributed by atoms with Crippen LogP contribution in [0.3, 0.4) is 0 Å². The van der Waals surface area contributed by atoms with Gasteiger partial charge in [-0.15, -0.1) is 12.4 Å². The van der Waals surface area contributed by atoms with Crippen LogP contribution in [0.5, 0.6) is 0 Å². The number of halogens is 2. The third kappa shape index (κ3) is 3.70. The highest BCUT2D eigenvalue weighted by Crippen LogP contribution is 2.13. The van der Waals surface area contributed by atoms with E-state index in [1.807, 2.05) is 6.20 Å². The smallest absolute Gasteiger partial charge is 0.106 e. The lowest BCUT2D eigenvalue weighted by molar-refractivity contribution is 0.165. The van der Waals surface area contributed by atoms with E-state index < -0.39 is 0 Å². The van der Waals surface area contributed by atoms with Crippen LogP contribution in [0.1, 0.15) is 12.5 Å². The Morgan fingerprint density at radius 3 is 3.12 bits per heavy atom. The number of nitrogens with one attached hydrogen (secondary N) is 1. The summed E-state index contributed by atoms with van der Waals surface area (Å²) in [5.41, 5.74) is 1.32. The van der Waals surface area contributed by atoms with Crippen molar-refractivity contribution in [3.05, 3.63) is 28.5 Å². The van der Waals surface area contributed by atoms with E-state index in [4.69, 9.17) is 0 Å². The molecule has 0 aliphatic carbocycles. The molecule has 0 radical (unpaired) electrons. The molecule has 1 aliphatic rings. The molecule has 1 saturated heterocycles. The van der Waals surface area contributed by atoms with Crippen LogP contribution in [0.4, 0.5) is 0 Å². The fourth-order valence-corrected chi connectivity index (χ4v) is 2.31. The lowest BCUT2D eigenvalue weighted by Gasteiger charge is -2.33. The Hall–Kier alpha value is -0.160. The summed E-state index contributed by atoms with van der Waals surface area (Å²) in [4.78, 5) is 6.64. The first-order valence-electron chi connectivity index (χ1n) is 5.31. The van der Waals surface area contributed by atoms with Crippen molar-refractivity contribution in [1.82, 2.24) is 15.2 Å². The second-order valence-corrected chi connectivity index (χ2v) is 4.82. The highest BCUT2D eigenvalue weighted by atomic mass is 79.9. The van der Waals surface area contributed by atoms with Crippen molar-refractivity contribution in [1.29, 1.82) is 0 Å². The molecule has 0 aromatic carbocycles. The molecule has 0 saturated carbocycles. The maximum Gasteiger partial charge on any atom is 0.106 e. The fraction of sp³-hybridized carbons (Fsp3) is 0.545. The van der Waals surface area contributed by atoms with E-state index in [1.54, 1.807) is 0 Å². The van der Waals surface area contributed by atoms with E-state index in [1.165, 1.54) is 5.56 Å². The summed E-state index contributed by atoms with van der Waals surface area (Å²) < 4.78 is 0.919. The number of pyridine rings is 1. The molecule has 0 bridgehead atoms. The number of piperazine rings is 1. The molecule has 5 heteroatoms. The van der Waals surface area contributed by atoms with Gasteiger partial charge in [0, 0.05) is 38.4 Å². The SMILES string of the molecule is CC1CNCCN1Cc1ccnc(Br)c1.Cl. The van der Waals surface area contributed by atoms with Crippen LogP contribution < -0.4 is 5.32 Å². The zero-order valence-electron chi connectivity index (χ0n) is 9.32. The minimum absolute atomic E-state index is 0. The number of nitrogens with zero attached hydrogens (tertiary/aromatic N) is 2. The molecule has 16 heavy (non-hydrogen) atoms. The van der Waals surface area contributed by atoms with Gasteiger partial charge in [0.1, 0.15) is 4.60 Å². The summed E-state index contributed by atoms with van der Waals surface area (Å²) in [5, 5.41) is 3.40. The topological polar surface area (TPSA) is 28.2 Å². The van der Waals surface area contributed by atoms with E-state index in [9.17, 15) is 0 Å². The molecule has 2 heterocycles. The lowest BCUT2D eigenvalue weighted by Crippen LogP contribution is -2.49. The standard InChI is InChI=1S/C11H16BrN3.ClH/c1-9-7-13-4-5-15(9)8-10-2-3-14-11(12)6-10;/h2-3,6,9,13H,4-5,7-8H2,1H3;1H. The molecular formula is C11H17BrClN3. The average molecular weight is 307 g/mol. The molecule has 1 aromatic heterocycles. The van der Waals surface area contributed by atoms with Crippen LogP contribution in [0, 0.1) is 0 Å². The van der Waals surface area contributed by atoms with E-state index >= 15 is 0 Å². The fourth-order valence-electron chi connectivity index (χ4n) is 1.89. The van der Waals surface area contributed by atoms with Gasteiger partial charge in [-0.05, 0) is 40.5 Å². The van der Waals surface area contributed by atoms with E-state index in [0.29, 0.717) is 6.04 Å². The zero-order valence-corrected chi connectivity index (χ0v) is 11.7. The summed E-state index contributed by atoms with van der Waals surface area (Å²) in [7, 11) is 0. The summed E-state index contributed by atoms with van der Waals surface area (Å²) in [6, 6.07) is 4.79. The van der Waals surface area contributed by atoms with Crippen LogP contribution in [-0.4, -0.2) is 35.6 Å². The summed E-state index contributed by atoms with van der Waals surface area (Å²) in [6.07, 6.45) is 1.85. The molecule has 3 nitrogen and oxygen atoms in total. The van der Waals surface area contributed by atoms with Crippen molar-refractivity contribution >= 4 is 28.3 Å². The predicted molar refractivity (Wildman–Crippen MR) is 71.9 cm³/mol.